The number of rotatable bonds is 3. The summed E-state index contributed by atoms with van der Waals surface area (Å²) in [5.74, 6) is 0.343. The lowest BCUT2D eigenvalue weighted by Crippen LogP contribution is -2.25. The highest BCUT2D eigenvalue weighted by Crippen LogP contribution is 2.17. The van der Waals surface area contributed by atoms with Crippen molar-refractivity contribution in [1.29, 1.82) is 0 Å². The SMILES string of the molecule is O=C(Nc1ccc(N2CCCCCC2)nn1)c1cccc(F)c1. The van der Waals surface area contributed by atoms with Crippen LogP contribution < -0.4 is 10.2 Å². The molecule has 0 aliphatic carbocycles. The van der Waals surface area contributed by atoms with E-state index < -0.39 is 11.7 Å². The van der Waals surface area contributed by atoms with Gasteiger partial charge in [-0.1, -0.05) is 18.9 Å². The molecule has 1 saturated heterocycles. The Balaban J connectivity index is 1.66. The van der Waals surface area contributed by atoms with Crippen LogP contribution in [0.3, 0.4) is 0 Å². The van der Waals surface area contributed by atoms with Gasteiger partial charge in [-0.25, -0.2) is 4.39 Å². The lowest BCUT2D eigenvalue weighted by molar-refractivity contribution is 0.102. The minimum absolute atomic E-state index is 0.253. The quantitative estimate of drug-likeness (QED) is 0.945. The highest BCUT2D eigenvalue weighted by molar-refractivity contribution is 6.03. The average Bonchev–Trinajstić information content (AvgIpc) is 2.85. The highest BCUT2D eigenvalue weighted by Gasteiger charge is 2.12. The topological polar surface area (TPSA) is 58.1 Å². The normalized spacial score (nSPS) is 15.1. The molecule has 0 radical (unpaired) electrons. The van der Waals surface area contributed by atoms with Crippen LogP contribution in [0.2, 0.25) is 0 Å². The maximum atomic E-state index is 13.1. The molecule has 0 spiro atoms. The predicted molar refractivity (Wildman–Crippen MR) is 87.1 cm³/mol. The first-order chi connectivity index (χ1) is 11.2. The first-order valence-corrected chi connectivity index (χ1v) is 7.88. The largest absolute Gasteiger partial charge is 0.355 e. The van der Waals surface area contributed by atoms with E-state index in [1.807, 2.05) is 6.07 Å². The Labute approximate surface area is 134 Å². The molecule has 120 valence electrons. The van der Waals surface area contributed by atoms with Gasteiger partial charge in [0.2, 0.25) is 0 Å². The third-order valence-corrected chi connectivity index (χ3v) is 3.91. The molecule has 1 aromatic carbocycles. The maximum Gasteiger partial charge on any atom is 0.256 e. The number of nitrogens with zero attached hydrogens (tertiary/aromatic N) is 3. The van der Waals surface area contributed by atoms with E-state index in [-0.39, 0.29) is 5.56 Å². The van der Waals surface area contributed by atoms with Gasteiger partial charge in [-0.2, -0.15) is 0 Å². The summed E-state index contributed by atoms with van der Waals surface area (Å²) in [5, 5.41) is 10.9. The molecule has 1 aliphatic rings. The van der Waals surface area contributed by atoms with Gasteiger partial charge in [-0.15, -0.1) is 10.2 Å². The molecule has 0 atom stereocenters. The second kappa shape index (κ2) is 7.17. The molecule has 0 saturated carbocycles. The van der Waals surface area contributed by atoms with Crippen LogP contribution in [0.4, 0.5) is 16.0 Å². The van der Waals surface area contributed by atoms with Gasteiger partial charge in [0, 0.05) is 18.7 Å². The molecule has 2 heterocycles. The summed E-state index contributed by atoms with van der Waals surface area (Å²) in [4.78, 5) is 14.3. The number of amides is 1. The molecule has 1 amide bonds. The summed E-state index contributed by atoms with van der Waals surface area (Å²) >= 11 is 0. The van der Waals surface area contributed by atoms with Crippen LogP contribution in [0.25, 0.3) is 0 Å². The zero-order chi connectivity index (χ0) is 16.1. The van der Waals surface area contributed by atoms with Crippen molar-refractivity contribution in [1.82, 2.24) is 10.2 Å². The fourth-order valence-corrected chi connectivity index (χ4v) is 2.68. The van der Waals surface area contributed by atoms with Crippen molar-refractivity contribution in [2.45, 2.75) is 25.7 Å². The Morgan fingerprint density at radius 3 is 2.48 bits per heavy atom. The Bertz CT molecular complexity index is 667. The van der Waals surface area contributed by atoms with Crippen molar-refractivity contribution in [3.8, 4) is 0 Å². The number of anilines is 2. The van der Waals surface area contributed by atoms with Crippen LogP contribution in [-0.4, -0.2) is 29.2 Å². The Hall–Kier alpha value is -2.50. The van der Waals surface area contributed by atoms with Gasteiger partial charge in [0.15, 0.2) is 11.6 Å². The first-order valence-electron chi connectivity index (χ1n) is 7.88. The minimum Gasteiger partial charge on any atom is -0.355 e. The third-order valence-electron chi connectivity index (χ3n) is 3.91. The number of benzene rings is 1. The zero-order valence-electron chi connectivity index (χ0n) is 12.8. The molecule has 3 rings (SSSR count). The molecule has 2 aromatic rings. The smallest absolute Gasteiger partial charge is 0.256 e. The van der Waals surface area contributed by atoms with E-state index in [0.29, 0.717) is 5.82 Å². The van der Waals surface area contributed by atoms with E-state index in [4.69, 9.17) is 0 Å². The van der Waals surface area contributed by atoms with E-state index in [1.54, 1.807) is 12.1 Å². The van der Waals surface area contributed by atoms with Crippen LogP contribution in [0, 0.1) is 5.82 Å². The lowest BCUT2D eigenvalue weighted by Gasteiger charge is -2.20. The van der Waals surface area contributed by atoms with Gasteiger partial charge in [0.25, 0.3) is 5.91 Å². The van der Waals surface area contributed by atoms with Crippen molar-refractivity contribution in [2.75, 3.05) is 23.3 Å². The molecule has 1 aliphatic heterocycles. The van der Waals surface area contributed by atoms with Gasteiger partial charge in [-0.05, 0) is 43.2 Å². The third kappa shape index (κ3) is 4.03. The van der Waals surface area contributed by atoms with Gasteiger partial charge in [-0.3, -0.25) is 4.79 Å². The van der Waals surface area contributed by atoms with E-state index in [0.717, 1.165) is 18.9 Å². The zero-order valence-corrected chi connectivity index (χ0v) is 12.8. The summed E-state index contributed by atoms with van der Waals surface area (Å²) in [6.07, 6.45) is 4.84. The number of halogens is 1. The fraction of sp³-hybridized carbons (Fsp3) is 0.353. The molecular weight excluding hydrogens is 295 g/mol. The summed E-state index contributed by atoms with van der Waals surface area (Å²) < 4.78 is 13.1. The molecule has 6 heteroatoms. The van der Waals surface area contributed by atoms with Crippen LogP contribution in [-0.2, 0) is 0 Å². The van der Waals surface area contributed by atoms with Gasteiger partial charge in [0.1, 0.15) is 5.82 Å². The molecule has 1 fully saturated rings. The van der Waals surface area contributed by atoms with Gasteiger partial charge in [0.05, 0.1) is 0 Å². The van der Waals surface area contributed by atoms with Crippen LogP contribution in [0.15, 0.2) is 36.4 Å². The minimum atomic E-state index is -0.444. The highest BCUT2D eigenvalue weighted by atomic mass is 19.1. The number of nitrogens with one attached hydrogen (secondary N) is 1. The first kappa shape index (κ1) is 15.4. The predicted octanol–water partition coefficient (Wildman–Crippen LogP) is 3.25. The van der Waals surface area contributed by atoms with Crippen molar-refractivity contribution < 1.29 is 9.18 Å². The summed E-state index contributed by atoms with van der Waals surface area (Å²) in [5.41, 5.74) is 0.253. The van der Waals surface area contributed by atoms with Crippen LogP contribution >= 0.6 is 0 Å². The molecule has 0 unspecified atom stereocenters. The molecule has 1 N–H and O–H groups in total. The average molecular weight is 314 g/mol. The number of hydrogen-bond acceptors (Lipinski definition) is 4. The van der Waals surface area contributed by atoms with Crippen LogP contribution in [0.5, 0.6) is 0 Å². The summed E-state index contributed by atoms with van der Waals surface area (Å²) in [6, 6.07) is 9.13. The maximum absolute atomic E-state index is 13.1. The fourth-order valence-electron chi connectivity index (χ4n) is 2.68. The van der Waals surface area contributed by atoms with Crippen molar-refractivity contribution >= 4 is 17.5 Å². The summed E-state index contributed by atoms with van der Waals surface area (Å²) in [7, 11) is 0. The van der Waals surface area contributed by atoms with Crippen molar-refractivity contribution in [3.63, 3.8) is 0 Å². The Kier molecular flexibility index (Phi) is 4.80. The Morgan fingerprint density at radius 2 is 1.83 bits per heavy atom. The molecule has 5 nitrogen and oxygen atoms in total. The van der Waals surface area contributed by atoms with E-state index >= 15 is 0 Å². The van der Waals surface area contributed by atoms with E-state index in [1.165, 1.54) is 43.9 Å². The van der Waals surface area contributed by atoms with E-state index in [2.05, 4.69) is 20.4 Å². The summed E-state index contributed by atoms with van der Waals surface area (Å²) in [6.45, 7) is 1.98. The second-order valence-corrected chi connectivity index (χ2v) is 5.64. The van der Waals surface area contributed by atoms with E-state index in [9.17, 15) is 9.18 Å². The van der Waals surface area contributed by atoms with Crippen LogP contribution in [0.1, 0.15) is 36.0 Å². The molecular formula is C17H19FN4O. The second-order valence-electron chi connectivity index (χ2n) is 5.64. The molecule has 1 aromatic heterocycles. The number of carbonyl (C=O) groups excluding carboxylic acids is 1. The number of hydrogen-bond donors (Lipinski definition) is 1. The lowest BCUT2D eigenvalue weighted by atomic mass is 10.2. The Morgan fingerprint density at radius 1 is 1.04 bits per heavy atom. The standard InChI is InChI=1S/C17H19FN4O/c18-14-7-5-6-13(12-14)17(23)19-15-8-9-16(21-20-15)22-10-3-1-2-4-11-22/h5-9,12H,1-4,10-11H2,(H,19,20,23). The number of carbonyl (C=O) groups is 1. The molecule has 0 bridgehead atoms. The van der Waals surface area contributed by atoms with Crippen molar-refractivity contribution in [3.05, 3.63) is 47.8 Å². The number of aromatic nitrogens is 2. The van der Waals surface area contributed by atoms with Crippen molar-refractivity contribution in [2.24, 2.45) is 0 Å². The monoisotopic (exact) mass is 314 g/mol. The van der Waals surface area contributed by atoms with Gasteiger partial charge < -0.3 is 10.2 Å². The van der Waals surface area contributed by atoms with Gasteiger partial charge >= 0.3 is 0 Å². The molecule has 23 heavy (non-hydrogen) atoms.